The maximum Gasteiger partial charge on any atom is 0.271 e. The molecular weight excluding hydrogens is 424 g/mol. The van der Waals surface area contributed by atoms with Crippen LogP contribution in [0.25, 0.3) is 10.8 Å². The highest BCUT2D eigenvalue weighted by molar-refractivity contribution is 7.12. The summed E-state index contributed by atoms with van der Waals surface area (Å²) in [6, 6.07) is 19.6. The first kappa shape index (κ1) is 19.9. The number of amides is 1. The first-order valence-corrected chi connectivity index (χ1v) is 10.2. The summed E-state index contributed by atoms with van der Waals surface area (Å²) in [6.45, 7) is 0.334. The number of hydrogen-bond acceptors (Lipinski definition) is 5. The van der Waals surface area contributed by atoms with Gasteiger partial charge in [-0.15, -0.1) is 11.3 Å². The molecule has 6 nitrogen and oxygen atoms in total. The van der Waals surface area contributed by atoms with E-state index < -0.39 is 4.92 Å². The predicted molar refractivity (Wildman–Crippen MR) is 119 cm³/mol. The molecule has 0 spiro atoms. The summed E-state index contributed by atoms with van der Waals surface area (Å²) in [4.78, 5) is 23.2. The summed E-state index contributed by atoms with van der Waals surface area (Å²) in [6.07, 6.45) is 0. The zero-order valence-corrected chi connectivity index (χ0v) is 17.1. The topological polar surface area (TPSA) is 81.5 Å². The summed E-state index contributed by atoms with van der Waals surface area (Å²) in [5, 5.41) is 17.7. The normalized spacial score (nSPS) is 10.7. The van der Waals surface area contributed by atoms with Crippen LogP contribution < -0.4 is 10.1 Å². The number of benzene rings is 3. The van der Waals surface area contributed by atoms with Crippen LogP contribution >= 0.6 is 22.9 Å². The van der Waals surface area contributed by atoms with E-state index in [1.807, 2.05) is 47.8 Å². The van der Waals surface area contributed by atoms with Gasteiger partial charge in [0.05, 0.1) is 20.5 Å². The Hall–Kier alpha value is -3.42. The molecule has 30 heavy (non-hydrogen) atoms. The fourth-order valence-electron chi connectivity index (χ4n) is 2.90. The van der Waals surface area contributed by atoms with E-state index >= 15 is 0 Å². The molecule has 8 heteroatoms. The molecule has 0 fully saturated rings. The van der Waals surface area contributed by atoms with Gasteiger partial charge < -0.3 is 10.1 Å². The minimum atomic E-state index is -0.543. The van der Waals surface area contributed by atoms with Crippen molar-refractivity contribution in [3.8, 4) is 5.75 Å². The number of ether oxygens (including phenoxy) is 1. The zero-order chi connectivity index (χ0) is 21.1. The molecule has 0 saturated heterocycles. The van der Waals surface area contributed by atoms with Crippen LogP contribution in [0, 0.1) is 10.1 Å². The SMILES string of the molecule is O=C(Nc1ccc([N+](=O)[O-])cc1Cl)c1cc(COc2ccc3ccccc3c2)cs1. The van der Waals surface area contributed by atoms with Gasteiger partial charge in [-0.25, -0.2) is 0 Å². The number of fused-ring (bicyclic) bond motifs is 1. The van der Waals surface area contributed by atoms with Gasteiger partial charge in [0.2, 0.25) is 0 Å². The smallest absolute Gasteiger partial charge is 0.271 e. The number of halogens is 1. The lowest BCUT2D eigenvalue weighted by molar-refractivity contribution is -0.384. The van der Waals surface area contributed by atoms with Gasteiger partial charge >= 0.3 is 0 Å². The molecule has 1 amide bonds. The fraction of sp³-hybridized carbons (Fsp3) is 0.0455. The predicted octanol–water partition coefficient (Wildman–Crippen LogP) is 6.29. The molecule has 0 radical (unpaired) electrons. The Balaban J connectivity index is 1.40. The number of nitrogens with zero attached hydrogens (tertiary/aromatic N) is 1. The van der Waals surface area contributed by atoms with Crippen molar-refractivity contribution in [3.05, 3.63) is 97.7 Å². The zero-order valence-electron chi connectivity index (χ0n) is 15.5. The monoisotopic (exact) mass is 438 g/mol. The molecule has 4 aromatic rings. The molecule has 0 aliphatic carbocycles. The van der Waals surface area contributed by atoms with Crippen molar-refractivity contribution in [2.24, 2.45) is 0 Å². The molecule has 0 atom stereocenters. The van der Waals surface area contributed by atoms with Crippen LogP contribution in [-0.2, 0) is 6.61 Å². The minimum Gasteiger partial charge on any atom is -0.489 e. The molecule has 0 bridgehead atoms. The van der Waals surface area contributed by atoms with Crippen molar-refractivity contribution in [1.29, 1.82) is 0 Å². The first-order chi connectivity index (χ1) is 14.5. The third-order valence-corrected chi connectivity index (χ3v) is 5.71. The number of nitrogens with one attached hydrogen (secondary N) is 1. The third kappa shape index (κ3) is 4.42. The summed E-state index contributed by atoms with van der Waals surface area (Å²) < 4.78 is 5.86. The second-order valence-electron chi connectivity index (χ2n) is 6.49. The number of carbonyl (C=O) groups is 1. The molecule has 1 heterocycles. The standard InChI is InChI=1S/C22H15ClN2O4S/c23-19-11-17(25(27)28)6-8-20(19)24-22(26)21-9-14(13-30-21)12-29-18-7-5-15-3-1-2-4-16(15)10-18/h1-11,13H,12H2,(H,24,26). The Morgan fingerprint density at radius 2 is 1.87 bits per heavy atom. The molecular formula is C22H15ClN2O4S. The van der Waals surface area contributed by atoms with E-state index in [-0.39, 0.29) is 16.6 Å². The highest BCUT2D eigenvalue weighted by atomic mass is 35.5. The number of rotatable bonds is 6. The molecule has 0 unspecified atom stereocenters. The number of hydrogen-bond donors (Lipinski definition) is 1. The minimum absolute atomic E-state index is 0.106. The van der Waals surface area contributed by atoms with Gasteiger partial charge in [0, 0.05) is 17.7 Å². The van der Waals surface area contributed by atoms with Gasteiger partial charge in [0.25, 0.3) is 11.6 Å². The fourth-order valence-corrected chi connectivity index (χ4v) is 3.91. The second-order valence-corrected chi connectivity index (χ2v) is 7.81. The second kappa shape index (κ2) is 8.52. The van der Waals surface area contributed by atoms with Crippen molar-refractivity contribution in [3.63, 3.8) is 0 Å². The molecule has 3 aromatic carbocycles. The van der Waals surface area contributed by atoms with Crippen LogP contribution in [-0.4, -0.2) is 10.8 Å². The van der Waals surface area contributed by atoms with Crippen molar-refractivity contribution in [1.82, 2.24) is 0 Å². The number of non-ortho nitro benzene ring substituents is 1. The maximum absolute atomic E-state index is 12.5. The van der Waals surface area contributed by atoms with Crippen LogP contribution in [0.2, 0.25) is 5.02 Å². The Kier molecular flexibility index (Phi) is 5.65. The number of thiophene rings is 1. The third-order valence-electron chi connectivity index (χ3n) is 4.42. The molecule has 0 aliphatic heterocycles. The average molecular weight is 439 g/mol. The quantitative estimate of drug-likeness (QED) is 0.283. The van der Waals surface area contributed by atoms with E-state index in [1.54, 1.807) is 6.07 Å². The number of nitro groups is 1. The van der Waals surface area contributed by atoms with Crippen LogP contribution in [0.5, 0.6) is 5.75 Å². The summed E-state index contributed by atoms with van der Waals surface area (Å²) in [7, 11) is 0. The number of carbonyl (C=O) groups excluding carboxylic acids is 1. The molecule has 1 aromatic heterocycles. The van der Waals surface area contributed by atoms with Gasteiger partial charge in [-0.1, -0.05) is 41.9 Å². The lowest BCUT2D eigenvalue weighted by atomic mass is 10.1. The van der Waals surface area contributed by atoms with E-state index in [0.29, 0.717) is 17.2 Å². The van der Waals surface area contributed by atoms with E-state index in [0.717, 1.165) is 22.1 Å². The average Bonchev–Trinajstić information content (AvgIpc) is 3.22. The lowest BCUT2D eigenvalue weighted by Gasteiger charge is -2.06. The maximum atomic E-state index is 12.5. The van der Waals surface area contributed by atoms with E-state index in [2.05, 4.69) is 5.32 Å². The Labute approximate surface area is 180 Å². The Bertz CT molecular complexity index is 1250. The van der Waals surface area contributed by atoms with Crippen LogP contribution in [0.1, 0.15) is 15.2 Å². The van der Waals surface area contributed by atoms with E-state index in [4.69, 9.17) is 16.3 Å². The summed E-state index contributed by atoms with van der Waals surface area (Å²) in [5.41, 5.74) is 1.05. The van der Waals surface area contributed by atoms with Gasteiger partial charge in [-0.3, -0.25) is 14.9 Å². The highest BCUT2D eigenvalue weighted by Gasteiger charge is 2.14. The van der Waals surface area contributed by atoms with E-state index in [1.165, 1.54) is 29.5 Å². The van der Waals surface area contributed by atoms with Crippen LogP contribution in [0.3, 0.4) is 0 Å². The highest BCUT2D eigenvalue weighted by Crippen LogP contribution is 2.28. The Morgan fingerprint density at radius 1 is 1.07 bits per heavy atom. The van der Waals surface area contributed by atoms with E-state index in [9.17, 15) is 14.9 Å². The molecule has 0 saturated carbocycles. The van der Waals surface area contributed by atoms with Gasteiger partial charge in [-0.2, -0.15) is 0 Å². The lowest BCUT2D eigenvalue weighted by Crippen LogP contribution is -2.10. The van der Waals surface area contributed by atoms with Gasteiger partial charge in [0.15, 0.2) is 0 Å². The molecule has 1 N–H and O–H groups in total. The summed E-state index contributed by atoms with van der Waals surface area (Å²) in [5.74, 6) is 0.413. The first-order valence-electron chi connectivity index (χ1n) is 8.94. The summed E-state index contributed by atoms with van der Waals surface area (Å²) >= 11 is 7.32. The van der Waals surface area contributed by atoms with Crippen molar-refractivity contribution < 1.29 is 14.5 Å². The Morgan fingerprint density at radius 3 is 2.63 bits per heavy atom. The van der Waals surface area contributed by atoms with Crippen molar-refractivity contribution >= 4 is 51.0 Å². The van der Waals surface area contributed by atoms with Crippen molar-refractivity contribution in [2.45, 2.75) is 6.61 Å². The molecule has 4 rings (SSSR count). The van der Waals surface area contributed by atoms with Crippen LogP contribution in [0.4, 0.5) is 11.4 Å². The van der Waals surface area contributed by atoms with Gasteiger partial charge in [-0.05, 0) is 40.4 Å². The number of anilines is 1. The van der Waals surface area contributed by atoms with Gasteiger partial charge in [0.1, 0.15) is 12.4 Å². The largest absolute Gasteiger partial charge is 0.489 e. The van der Waals surface area contributed by atoms with Crippen LogP contribution in [0.15, 0.2) is 72.1 Å². The molecule has 0 aliphatic rings. The van der Waals surface area contributed by atoms with Crippen molar-refractivity contribution in [2.75, 3.05) is 5.32 Å². The molecule has 150 valence electrons. The number of nitro benzene ring substituents is 1.